The summed E-state index contributed by atoms with van der Waals surface area (Å²) in [7, 11) is 0. The van der Waals surface area contributed by atoms with Crippen molar-refractivity contribution in [2.24, 2.45) is 0 Å². The molecule has 224 valence electrons. The SMILES string of the molecule is OONc1ccccc1-c1nc2cc(-c3ccc4nc(-c5ccccc5)c(-c5ccccc5)nc4c3)ccc2nc1-c1ccccc1. The summed E-state index contributed by atoms with van der Waals surface area (Å²) in [4.78, 5) is 24.8. The molecule has 7 heteroatoms. The van der Waals surface area contributed by atoms with E-state index in [1.54, 1.807) is 0 Å². The highest BCUT2D eigenvalue weighted by Crippen LogP contribution is 2.37. The highest BCUT2D eigenvalue weighted by atomic mass is 17.2. The predicted molar refractivity (Wildman–Crippen MR) is 187 cm³/mol. The van der Waals surface area contributed by atoms with Gasteiger partial charge in [-0.3, -0.25) is 0 Å². The number of nitrogens with zero attached hydrogens (tertiary/aromatic N) is 4. The number of anilines is 1. The van der Waals surface area contributed by atoms with E-state index in [0.29, 0.717) is 11.4 Å². The van der Waals surface area contributed by atoms with E-state index < -0.39 is 0 Å². The average Bonchev–Trinajstić information content (AvgIpc) is 3.15. The molecule has 0 spiro atoms. The maximum atomic E-state index is 9.19. The van der Waals surface area contributed by atoms with Crippen molar-refractivity contribution in [3.8, 4) is 56.2 Å². The van der Waals surface area contributed by atoms with Crippen LogP contribution in [0.2, 0.25) is 0 Å². The van der Waals surface area contributed by atoms with E-state index in [4.69, 9.17) is 19.9 Å². The van der Waals surface area contributed by atoms with E-state index in [0.717, 1.165) is 72.5 Å². The van der Waals surface area contributed by atoms with Crippen LogP contribution in [0.3, 0.4) is 0 Å². The summed E-state index contributed by atoms with van der Waals surface area (Å²) in [6.45, 7) is 0. The highest BCUT2D eigenvalue weighted by molar-refractivity contribution is 5.93. The largest absolute Gasteiger partial charge is 0.244 e. The minimum absolute atomic E-state index is 0.564. The monoisotopic (exact) mass is 609 g/mol. The van der Waals surface area contributed by atoms with Crippen molar-refractivity contribution in [2.45, 2.75) is 0 Å². The lowest BCUT2D eigenvalue weighted by molar-refractivity contribution is -0.215. The zero-order chi connectivity index (χ0) is 31.6. The summed E-state index contributed by atoms with van der Waals surface area (Å²) in [5, 5.41) is 9.19. The fraction of sp³-hybridized carbons (Fsp3) is 0. The molecule has 2 aromatic heterocycles. The molecule has 0 saturated carbocycles. The minimum Gasteiger partial charge on any atom is -0.244 e. The van der Waals surface area contributed by atoms with Crippen LogP contribution in [0, 0.1) is 0 Å². The van der Waals surface area contributed by atoms with Crippen molar-refractivity contribution >= 4 is 27.8 Å². The van der Waals surface area contributed by atoms with E-state index in [2.05, 4.69) is 52.9 Å². The molecule has 0 fully saturated rings. The van der Waals surface area contributed by atoms with Gasteiger partial charge in [0.15, 0.2) is 0 Å². The van der Waals surface area contributed by atoms with Gasteiger partial charge in [-0.2, -0.15) is 0 Å². The first-order valence-corrected chi connectivity index (χ1v) is 15.2. The average molecular weight is 610 g/mol. The van der Waals surface area contributed by atoms with Gasteiger partial charge < -0.3 is 0 Å². The smallest absolute Gasteiger partial charge is 0.0994 e. The van der Waals surface area contributed by atoms with Gasteiger partial charge in [0, 0.05) is 22.3 Å². The second kappa shape index (κ2) is 12.3. The topological polar surface area (TPSA) is 93.1 Å². The van der Waals surface area contributed by atoms with Gasteiger partial charge >= 0.3 is 0 Å². The molecular formula is C40H27N5O2. The molecule has 8 aromatic rings. The lowest BCUT2D eigenvalue weighted by Crippen LogP contribution is -2.01. The normalized spacial score (nSPS) is 11.2. The third-order valence-corrected chi connectivity index (χ3v) is 8.14. The number of rotatable bonds is 7. The molecule has 7 nitrogen and oxygen atoms in total. The summed E-state index contributed by atoms with van der Waals surface area (Å²) in [6, 6.07) is 50.1. The molecule has 8 rings (SSSR count). The Kier molecular flexibility index (Phi) is 7.35. The minimum atomic E-state index is 0.564. The molecule has 0 radical (unpaired) electrons. The van der Waals surface area contributed by atoms with Crippen LogP contribution in [-0.2, 0) is 4.99 Å². The third kappa shape index (κ3) is 5.46. The van der Waals surface area contributed by atoms with Crippen LogP contribution in [0.15, 0.2) is 152 Å². The van der Waals surface area contributed by atoms with Crippen LogP contribution in [0.4, 0.5) is 5.69 Å². The quantitative estimate of drug-likeness (QED) is 0.137. The summed E-state index contributed by atoms with van der Waals surface area (Å²) >= 11 is 0. The van der Waals surface area contributed by atoms with Gasteiger partial charge in [-0.05, 0) is 41.5 Å². The van der Waals surface area contributed by atoms with Crippen LogP contribution in [-0.4, -0.2) is 25.2 Å². The molecule has 2 heterocycles. The second-order valence-electron chi connectivity index (χ2n) is 11.1. The zero-order valence-corrected chi connectivity index (χ0v) is 25.1. The summed E-state index contributed by atoms with van der Waals surface area (Å²) in [5.41, 5.74) is 15.0. The number of hydrogen-bond donors (Lipinski definition) is 2. The summed E-state index contributed by atoms with van der Waals surface area (Å²) < 4.78 is 0. The van der Waals surface area contributed by atoms with Crippen LogP contribution in [0.25, 0.3) is 78.2 Å². The lowest BCUT2D eigenvalue weighted by Gasteiger charge is -2.14. The number of fused-ring (bicyclic) bond motifs is 2. The van der Waals surface area contributed by atoms with Crippen LogP contribution >= 0.6 is 0 Å². The maximum absolute atomic E-state index is 9.19. The van der Waals surface area contributed by atoms with Crippen molar-refractivity contribution in [3.63, 3.8) is 0 Å². The van der Waals surface area contributed by atoms with Crippen LogP contribution in [0.1, 0.15) is 0 Å². The maximum Gasteiger partial charge on any atom is 0.0994 e. The standard InChI is InChI=1S/C40H27N5O2/c46-47-45-32-19-11-10-18-31(32)40-39(28-16-8-3-9-17-28)42-34-23-21-30(25-36(34)44-40)29-20-22-33-35(24-29)43-38(27-14-6-2-7-15-27)37(41-33)26-12-4-1-5-13-26/h1-25,45-46H. The van der Waals surface area contributed by atoms with Gasteiger partial charge in [0.05, 0.1) is 50.5 Å². The van der Waals surface area contributed by atoms with Crippen LogP contribution in [0.5, 0.6) is 0 Å². The predicted octanol–water partition coefficient (Wildman–Crippen LogP) is 9.72. The molecule has 0 amide bonds. The van der Waals surface area contributed by atoms with Gasteiger partial charge in [0.2, 0.25) is 0 Å². The highest BCUT2D eigenvalue weighted by Gasteiger charge is 2.18. The molecule has 0 aliphatic rings. The van der Waals surface area contributed by atoms with E-state index >= 15 is 0 Å². The van der Waals surface area contributed by atoms with Gasteiger partial charge in [0.1, 0.15) is 0 Å². The molecular weight excluding hydrogens is 582 g/mol. The summed E-state index contributed by atoms with van der Waals surface area (Å²) in [5.74, 6) is 0. The molecule has 0 unspecified atom stereocenters. The Morgan fingerprint density at radius 3 is 1.28 bits per heavy atom. The van der Waals surface area contributed by atoms with Crippen molar-refractivity contribution in [1.82, 2.24) is 19.9 Å². The molecule has 0 atom stereocenters. The molecule has 0 saturated heterocycles. The van der Waals surface area contributed by atoms with E-state index in [9.17, 15) is 5.26 Å². The van der Waals surface area contributed by atoms with E-state index in [-0.39, 0.29) is 0 Å². The number of aromatic nitrogens is 4. The first-order chi connectivity index (χ1) is 23.2. The first kappa shape index (κ1) is 28.2. The van der Waals surface area contributed by atoms with Crippen molar-refractivity contribution in [2.75, 3.05) is 5.48 Å². The van der Waals surface area contributed by atoms with Crippen molar-refractivity contribution < 1.29 is 10.2 Å². The number of nitrogens with one attached hydrogen (secondary N) is 1. The second-order valence-corrected chi connectivity index (χ2v) is 11.1. The van der Waals surface area contributed by atoms with E-state index in [1.807, 2.05) is 109 Å². The molecule has 0 bridgehead atoms. The molecule has 6 aromatic carbocycles. The Morgan fingerprint density at radius 1 is 0.383 bits per heavy atom. The molecule has 0 aliphatic carbocycles. The summed E-state index contributed by atoms with van der Waals surface area (Å²) in [6.07, 6.45) is 0. The zero-order valence-electron chi connectivity index (χ0n) is 25.1. The Balaban J connectivity index is 1.28. The Bertz CT molecular complexity index is 2370. The molecule has 2 N–H and O–H groups in total. The van der Waals surface area contributed by atoms with Gasteiger partial charge in [-0.1, -0.05) is 121 Å². The van der Waals surface area contributed by atoms with Crippen molar-refractivity contribution in [1.29, 1.82) is 0 Å². The third-order valence-electron chi connectivity index (χ3n) is 8.14. The Morgan fingerprint density at radius 2 is 0.787 bits per heavy atom. The fourth-order valence-electron chi connectivity index (χ4n) is 5.88. The number of hydrogen-bond acceptors (Lipinski definition) is 7. The Hall–Kier alpha value is -6.28. The number of benzene rings is 6. The van der Waals surface area contributed by atoms with E-state index in [1.165, 1.54) is 0 Å². The Labute approximate surface area is 270 Å². The van der Waals surface area contributed by atoms with Crippen LogP contribution < -0.4 is 5.48 Å². The molecule has 47 heavy (non-hydrogen) atoms. The number of para-hydroxylation sites is 1. The fourth-order valence-corrected chi connectivity index (χ4v) is 5.88. The molecule has 0 aliphatic heterocycles. The van der Waals surface area contributed by atoms with Gasteiger partial charge in [0.25, 0.3) is 0 Å². The van der Waals surface area contributed by atoms with Gasteiger partial charge in [-0.25, -0.2) is 30.7 Å². The van der Waals surface area contributed by atoms with Crippen molar-refractivity contribution in [3.05, 3.63) is 152 Å². The van der Waals surface area contributed by atoms with Gasteiger partial charge in [-0.15, -0.1) is 4.99 Å². The first-order valence-electron chi connectivity index (χ1n) is 15.2. The lowest BCUT2D eigenvalue weighted by atomic mass is 10.0.